The Balaban J connectivity index is 1.50. The molecule has 0 saturated heterocycles. The zero-order chi connectivity index (χ0) is 17.6. The van der Waals surface area contributed by atoms with Crippen molar-refractivity contribution in [1.82, 2.24) is 5.32 Å². The number of aryl methyl sites for hydroxylation is 1. The largest absolute Gasteiger partial charge is 0.351 e. The molecule has 0 aromatic heterocycles. The quantitative estimate of drug-likeness (QED) is 0.757. The predicted molar refractivity (Wildman–Crippen MR) is 96.8 cm³/mol. The molecule has 2 aromatic rings. The molecule has 1 aliphatic carbocycles. The number of quaternary nitrogens is 1. The van der Waals surface area contributed by atoms with Gasteiger partial charge in [0.1, 0.15) is 12.4 Å². The summed E-state index contributed by atoms with van der Waals surface area (Å²) >= 11 is 0. The molecule has 1 unspecified atom stereocenters. The number of hydrogen-bond donors (Lipinski definition) is 2. The Morgan fingerprint density at radius 2 is 1.80 bits per heavy atom. The van der Waals surface area contributed by atoms with E-state index in [0.29, 0.717) is 31.2 Å². The first-order chi connectivity index (χ1) is 12.1. The second-order valence-corrected chi connectivity index (χ2v) is 6.90. The Hall–Kier alpha value is -2.20. The summed E-state index contributed by atoms with van der Waals surface area (Å²) in [7, 11) is 0. The Bertz CT molecular complexity index is 727. The Labute approximate surface area is 148 Å². The number of benzene rings is 2. The van der Waals surface area contributed by atoms with Gasteiger partial charge in [-0.15, -0.1) is 0 Å². The zero-order valence-corrected chi connectivity index (χ0v) is 14.7. The SMILES string of the molecule is Cc1ccccc1CCNC(=O)C[NH+](Cc1ccccc1F)C1CC1. The molecule has 0 aliphatic heterocycles. The van der Waals surface area contributed by atoms with Gasteiger partial charge in [-0.1, -0.05) is 42.5 Å². The van der Waals surface area contributed by atoms with Crippen molar-refractivity contribution in [2.75, 3.05) is 13.1 Å². The molecule has 1 amide bonds. The van der Waals surface area contributed by atoms with Gasteiger partial charge in [0.05, 0.1) is 6.04 Å². The molecule has 0 spiro atoms. The Kier molecular flexibility index (Phi) is 5.82. The van der Waals surface area contributed by atoms with Crippen LogP contribution in [0.4, 0.5) is 4.39 Å². The molecule has 1 aliphatic rings. The van der Waals surface area contributed by atoms with E-state index in [-0.39, 0.29) is 11.7 Å². The van der Waals surface area contributed by atoms with Crippen LogP contribution in [-0.2, 0) is 17.8 Å². The third-order valence-corrected chi connectivity index (χ3v) is 4.90. The van der Waals surface area contributed by atoms with Crippen molar-refractivity contribution in [3.63, 3.8) is 0 Å². The summed E-state index contributed by atoms with van der Waals surface area (Å²) in [6, 6.07) is 15.6. The first kappa shape index (κ1) is 17.6. The summed E-state index contributed by atoms with van der Waals surface area (Å²) in [6.45, 7) is 3.71. The van der Waals surface area contributed by atoms with Gasteiger partial charge >= 0.3 is 0 Å². The van der Waals surface area contributed by atoms with Crippen molar-refractivity contribution >= 4 is 5.91 Å². The van der Waals surface area contributed by atoms with Crippen LogP contribution >= 0.6 is 0 Å². The lowest BCUT2D eigenvalue weighted by Crippen LogP contribution is -3.13. The topological polar surface area (TPSA) is 33.5 Å². The first-order valence-corrected chi connectivity index (χ1v) is 9.02. The van der Waals surface area contributed by atoms with Gasteiger partial charge in [-0.25, -0.2) is 4.39 Å². The molecule has 4 heteroatoms. The maximum absolute atomic E-state index is 13.9. The molecule has 0 heterocycles. The highest BCUT2D eigenvalue weighted by Crippen LogP contribution is 2.16. The van der Waals surface area contributed by atoms with E-state index in [0.717, 1.165) is 19.3 Å². The minimum absolute atomic E-state index is 0.0480. The van der Waals surface area contributed by atoms with Crippen molar-refractivity contribution in [1.29, 1.82) is 0 Å². The maximum Gasteiger partial charge on any atom is 0.275 e. The molecule has 2 aromatic carbocycles. The molecule has 0 radical (unpaired) electrons. The number of amides is 1. The van der Waals surface area contributed by atoms with Crippen molar-refractivity contribution in [2.24, 2.45) is 0 Å². The standard InChI is InChI=1S/C21H25FN2O/c1-16-6-2-3-7-17(16)12-13-23-21(25)15-24(19-10-11-19)14-18-8-4-5-9-20(18)22/h2-9,19H,10-15H2,1H3,(H,23,25)/p+1. The highest BCUT2D eigenvalue weighted by Gasteiger charge is 2.34. The number of rotatable bonds is 8. The third kappa shape index (κ3) is 5.13. The molecule has 1 atom stereocenters. The van der Waals surface area contributed by atoms with Gasteiger partial charge in [0.2, 0.25) is 0 Å². The lowest BCUT2D eigenvalue weighted by Gasteiger charge is -2.19. The second-order valence-electron chi connectivity index (χ2n) is 6.90. The van der Waals surface area contributed by atoms with E-state index in [4.69, 9.17) is 0 Å². The van der Waals surface area contributed by atoms with E-state index in [1.165, 1.54) is 22.1 Å². The summed E-state index contributed by atoms with van der Waals surface area (Å²) < 4.78 is 13.9. The highest BCUT2D eigenvalue weighted by molar-refractivity contribution is 5.76. The van der Waals surface area contributed by atoms with E-state index in [2.05, 4.69) is 24.4 Å². The van der Waals surface area contributed by atoms with Gasteiger partial charge < -0.3 is 10.2 Å². The fourth-order valence-electron chi connectivity index (χ4n) is 3.23. The number of carbonyl (C=O) groups is 1. The summed E-state index contributed by atoms with van der Waals surface area (Å²) in [4.78, 5) is 13.5. The maximum atomic E-state index is 13.9. The molecule has 25 heavy (non-hydrogen) atoms. The van der Waals surface area contributed by atoms with E-state index in [1.807, 2.05) is 24.3 Å². The van der Waals surface area contributed by atoms with E-state index >= 15 is 0 Å². The monoisotopic (exact) mass is 341 g/mol. The van der Waals surface area contributed by atoms with Crippen LogP contribution in [0.15, 0.2) is 48.5 Å². The summed E-state index contributed by atoms with van der Waals surface area (Å²) in [6.07, 6.45) is 3.09. The van der Waals surface area contributed by atoms with Crippen LogP contribution in [-0.4, -0.2) is 25.0 Å². The van der Waals surface area contributed by atoms with E-state index in [9.17, 15) is 9.18 Å². The second kappa shape index (κ2) is 8.26. The van der Waals surface area contributed by atoms with Gasteiger partial charge in [0.25, 0.3) is 5.91 Å². The fraction of sp³-hybridized carbons (Fsp3) is 0.381. The van der Waals surface area contributed by atoms with Gasteiger partial charge in [-0.3, -0.25) is 4.79 Å². The predicted octanol–water partition coefficient (Wildman–Crippen LogP) is 2.04. The van der Waals surface area contributed by atoms with Crippen molar-refractivity contribution in [3.05, 3.63) is 71.0 Å². The average molecular weight is 341 g/mol. The van der Waals surface area contributed by atoms with Crippen LogP contribution in [0.3, 0.4) is 0 Å². The number of nitrogens with one attached hydrogen (secondary N) is 2. The van der Waals surface area contributed by atoms with E-state index in [1.54, 1.807) is 6.07 Å². The first-order valence-electron chi connectivity index (χ1n) is 9.02. The van der Waals surface area contributed by atoms with Gasteiger partial charge in [0, 0.05) is 24.9 Å². The number of carbonyl (C=O) groups excluding carboxylic acids is 1. The van der Waals surface area contributed by atoms with Gasteiger partial charge in [-0.05, 0) is 30.5 Å². The van der Waals surface area contributed by atoms with Crippen molar-refractivity contribution < 1.29 is 14.1 Å². The normalized spacial score (nSPS) is 15.0. The van der Waals surface area contributed by atoms with Crippen molar-refractivity contribution in [2.45, 2.75) is 38.8 Å². The number of hydrogen-bond acceptors (Lipinski definition) is 1. The molecule has 3 rings (SSSR count). The minimum atomic E-state index is -0.180. The lowest BCUT2D eigenvalue weighted by molar-refractivity contribution is -0.917. The van der Waals surface area contributed by atoms with Crippen LogP contribution in [0.2, 0.25) is 0 Å². The number of halogens is 1. The molecular weight excluding hydrogens is 315 g/mol. The average Bonchev–Trinajstić information content (AvgIpc) is 3.43. The summed E-state index contributed by atoms with van der Waals surface area (Å²) in [5.41, 5.74) is 3.21. The van der Waals surface area contributed by atoms with Crippen LogP contribution in [0, 0.1) is 12.7 Å². The highest BCUT2D eigenvalue weighted by atomic mass is 19.1. The molecule has 1 fully saturated rings. The molecule has 1 saturated carbocycles. The van der Waals surface area contributed by atoms with Crippen LogP contribution in [0.1, 0.15) is 29.5 Å². The molecule has 132 valence electrons. The lowest BCUT2D eigenvalue weighted by atomic mass is 10.1. The zero-order valence-electron chi connectivity index (χ0n) is 14.7. The van der Waals surface area contributed by atoms with Crippen molar-refractivity contribution in [3.8, 4) is 0 Å². The summed E-state index contributed by atoms with van der Waals surface area (Å²) in [5, 5.41) is 3.02. The third-order valence-electron chi connectivity index (χ3n) is 4.90. The van der Waals surface area contributed by atoms with Crippen LogP contribution in [0.25, 0.3) is 0 Å². The fourth-order valence-corrected chi connectivity index (χ4v) is 3.23. The minimum Gasteiger partial charge on any atom is -0.351 e. The molecular formula is C21H26FN2O+. The molecule has 0 bridgehead atoms. The van der Waals surface area contributed by atoms with Gasteiger partial charge in [-0.2, -0.15) is 0 Å². The van der Waals surface area contributed by atoms with Gasteiger partial charge in [0.15, 0.2) is 6.54 Å². The summed E-state index contributed by atoms with van der Waals surface area (Å²) in [5.74, 6) is -0.132. The Morgan fingerprint density at radius 3 is 2.48 bits per heavy atom. The van der Waals surface area contributed by atoms with Crippen LogP contribution < -0.4 is 10.2 Å². The molecule has 3 nitrogen and oxygen atoms in total. The van der Waals surface area contributed by atoms with Crippen LogP contribution in [0.5, 0.6) is 0 Å². The smallest absolute Gasteiger partial charge is 0.275 e. The molecule has 2 N–H and O–H groups in total. The Morgan fingerprint density at radius 1 is 1.12 bits per heavy atom. The van der Waals surface area contributed by atoms with E-state index < -0.39 is 0 Å².